The molecule has 4 heterocycles. The molecule has 2 aromatic rings. The van der Waals surface area contributed by atoms with Gasteiger partial charge in [-0.2, -0.15) is 0 Å². The molecule has 24 heavy (non-hydrogen) atoms. The number of amides is 2. The quantitative estimate of drug-likeness (QED) is 0.854. The van der Waals surface area contributed by atoms with Crippen molar-refractivity contribution < 1.29 is 9.59 Å². The van der Waals surface area contributed by atoms with E-state index in [4.69, 9.17) is 0 Å². The maximum atomic E-state index is 12.6. The highest BCUT2D eigenvalue weighted by molar-refractivity contribution is 7.07. The largest absolute Gasteiger partial charge is 0.332 e. The van der Waals surface area contributed by atoms with Crippen LogP contribution in [0.5, 0.6) is 0 Å². The van der Waals surface area contributed by atoms with Crippen LogP contribution < -0.4 is 0 Å². The SMILES string of the molecule is Cc1cccc(CN2C(=O)C[C@H]3[C@@H]2CCN3C(=O)c2cscn2)n1. The van der Waals surface area contributed by atoms with E-state index < -0.39 is 0 Å². The topological polar surface area (TPSA) is 66.4 Å². The van der Waals surface area contributed by atoms with Crippen LogP contribution in [-0.2, 0) is 11.3 Å². The molecule has 0 spiro atoms. The number of likely N-dealkylation sites (tertiary alicyclic amines) is 2. The first-order valence-corrected chi connectivity index (χ1v) is 8.99. The second kappa shape index (κ2) is 5.98. The van der Waals surface area contributed by atoms with E-state index in [-0.39, 0.29) is 23.9 Å². The Kier molecular flexibility index (Phi) is 3.80. The Labute approximate surface area is 144 Å². The maximum absolute atomic E-state index is 12.6. The van der Waals surface area contributed by atoms with Crippen molar-refractivity contribution in [2.75, 3.05) is 6.54 Å². The lowest BCUT2D eigenvalue weighted by molar-refractivity contribution is -0.129. The van der Waals surface area contributed by atoms with Gasteiger partial charge in [0.15, 0.2) is 0 Å². The number of aryl methyl sites for hydroxylation is 1. The van der Waals surface area contributed by atoms with E-state index >= 15 is 0 Å². The first-order chi connectivity index (χ1) is 11.6. The average molecular weight is 342 g/mol. The zero-order valence-electron chi connectivity index (χ0n) is 13.4. The summed E-state index contributed by atoms with van der Waals surface area (Å²) < 4.78 is 0. The number of fused-ring (bicyclic) bond motifs is 1. The first-order valence-electron chi connectivity index (χ1n) is 8.04. The summed E-state index contributed by atoms with van der Waals surface area (Å²) in [5, 5.41) is 1.76. The fourth-order valence-electron chi connectivity index (χ4n) is 3.71. The molecule has 2 aromatic heterocycles. The van der Waals surface area contributed by atoms with Gasteiger partial charge < -0.3 is 9.80 Å². The Morgan fingerprint density at radius 3 is 3.00 bits per heavy atom. The van der Waals surface area contributed by atoms with Crippen LogP contribution in [0.4, 0.5) is 0 Å². The number of carbonyl (C=O) groups excluding carboxylic acids is 2. The fourth-order valence-corrected chi connectivity index (χ4v) is 4.24. The summed E-state index contributed by atoms with van der Waals surface area (Å²) >= 11 is 1.41. The van der Waals surface area contributed by atoms with Crippen molar-refractivity contribution in [1.82, 2.24) is 19.8 Å². The van der Waals surface area contributed by atoms with Crippen LogP contribution >= 0.6 is 11.3 Å². The summed E-state index contributed by atoms with van der Waals surface area (Å²) in [6, 6.07) is 5.89. The predicted octanol–water partition coefficient (Wildman–Crippen LogP) is 1.86. The second-order valence-electron chi connectivity index (χ2n) is 6.29. The molecule has 6 nitrogen and oxygen atoms in total. The summed E-state index contributed by atoms with van der Waals surface area (Å²) in [5.74, 6) is 0.0381. The van der Waals surface area contributed by atoms with Crippen molar-refractivity contribution in [1.29, 1.82) is 0 Å². The smallest absolute Gasteiger partial charge is 0.273 e. The van der Waals surface area contributed by atoms with Gasteiger partial charge in [-0.15, -0.1) is 11.3 Å². The summed E-state index contributed by atoms with van der Waals surface area (Å²) in [6.45, 7) is 3.14. The van der Waals surface area contributed by atoms with Crippen molar-refractivity contribution in [2.24, 2.45) is 0 Å². The van der Waals surface area contributed by atoms with Crippen LogP contribution in [-0.4, -0.2) is 50.2 Å². The lowest BCUT2D eigenvalue weighted by Gasteiger charge is -2.25. The number of thiazole rings is 1. The van der Waals surface area contributed by atoms with E-state index in [1.165, 1.54) is 11.3 Å². The summed E-state index contributed by atoms with van der Waals surface area (Å²) in [7, 11) is 0. The number of hydrogen-bond donors (Lipinski definition) is 0. The van der Waals surface area contributed by atoms with Crippen molar-refractivity contribution >= 4 is 23.2 Å². The highest BCUT2D eigenvalue weighted by Crippen LogP contribution is 2.34. The normalized spacial score (nSPS) is 23.0. The van der Waals surface area contributed by atoms with Crippen molar-refractivity contribution in [3.8, 4) is 0 Å². The third-order valence-corrected chi connectivity index (χ3v) is 5.39. The molecule has 2 fully saturated rings. The molecule has 0 bridgehead atoms. The van der Waals surface area contributed by atoms with Gasteiger partial charge in [0.2, 0.25) is 5.91 Å². The Balaban J connectivity index is 1.52. The van der Waals surface area contributed by atoms with E-state index in [1.807, 2.05) is 34.9 Å². The van der Waals surface area contributed by atoms with Gasteiger partial charge in [-0.25, -0.2) is 4.98 Å². The minimum Gasteiger partial charge on any atom is -0.332 e. The third kappa shape index (κ3) is 2.58. The molecule has 2 amide bonds. The van der Waals surface area contributed by atoms with Gasteiger partial charge in [0.05, 0.1) is 29.8 Å². The molecule has 7 heteroatoms. The Bertz CT molecular complexity index is 777. The average Bonchev–Trinajstić information content (AvgIpc) is 3.26. The molecule has 0 aliphatic carbocycles. The molecule has 0 unspecified atom stereocenters. The number of nitrogens with zero attached hydrogens (tertiary/aromatic N) is 4. The number of pyridine rings is 1. The van der Waals surface area contributed by atoms with Crippen molar-refractivity contribution in [2.45, 2.75) is 38.4 Å². The molecule has 124 valence electrons. The van der Waals surface area contributed by atoms with Gasteiger partial charge in [-0.3, -0.25) is 14.6 Å². The minimum atomic E-state index is -0.0629. The van der Waals surface area contributed by atoms with Crippen molar-refractivity contribution in [3.05, 3.63) is 46.2 Å². The molecule has 0 N–H and O–H groups in total. The minimum absolute atomic E-state index is 0.0449. The number of carbonyl (C=O) groups is 2. The van der Waals surface area contributed by atoms with E-state index in [1.54, 1.807) is 10.9 Å². The summed E-state index contributed by atoms with van der Waals surface area (Å²) in [6.07, 6.45) is 1.21. The van der Waals surface area contributed by atoms with Gasteiger partial charge in [0.25, 0.3) is 5.91 Å². The lowest BCUT2D eigenvalue weighted by atomic mass is 10.1. The molecule has 0 aromatic carbocycles. The van der Waals surface area contributed by atoms with Gasteiger partial charge in [-0.05, 0) is 25.5 Å². The van der Waals surface area contributed by atoms with Gasteiger partial charge in [-0.1, -0.05) is 6.07 Å². The number of aromatic nitrogens is 2. The van der Waals surface area contributed by atoms with Crippen LogP contribution in [0.3, 0.4) is 0 Å². The Morgan fingerprint density at radius 2 is 2.25 bits per heavy atom. The number of rotatable bonds is 3. The van der Waals surface area contributed by atoms with E-state index in [0.717, 1.165) is 17.8 Å². The number of hydrogen-bond acceptors (Lipinski definition) is 5. The van der Waals surface area contributed by atoms with E-state index in [9.17, 15) is 9.59 Å². The highest BCUT2D eigenvalue weighted by atomic mass is 32.1. The first kappa shape index (κ1) is 15.3. The highest BCUT2D eigenvalue weighted by Gasteiger charge is 2.48. The van der Waals surface area contributed by atoms with Crippen LogP contribution in [0.2, 0.25) is 0 Å². The van der Waals surface area contributed by atoms with Gasteiger partial charge in [0.1, 0.15) is 5.69 Å². The fraction of sp³-hybridized carbons (Fsp3) is 0.412. The molecule has 2 aliphatic rings. The summed E-state index contributed by atoms with van der Waals surface area (Å²) in [5.41, 5.74) is 3.98. The molecule has 4 rings (SSSR count). The molecular weight excluding hydrogens is 324 g/mol. The summed E-state index contributed by atoms with van der Waals surface area (Å²) in [4.78, 5) is 37.4. The van der Waals surface area contributed by atoms with Gasteiger partial charge in [0, 0.05) is 24.0 Å². The van der Waals surface area contributed by atoms with Crippen LogP contribution in [0.15, 0.2) is 29.1 Å². The molecular formula is C17H18N4O2S. The molecule has 0 radical (unpaired) electrons. The van der Waals surface area contributed by atoms with E-state index in [0.29, 0.717) is 25.2 Å². The van der Waals surface area contributed by atoms with Crippen LogP contribution in [0.1, 0.15) is 34.7 Å². The van der Waals surface area contributed by atoms with Crippen LogP contribution in [0, 0.1) is 6.92 Å². The monoisotopic (exact) mass is 342 g/mol. The molecule has 0 saturated carbocycles. The third-order valence-electron chi connectivity index (χ3n) is 4.81. The molecule has 2 aliphatic heterocycles. The standard InChI is InChI=1S/C17H18N4O2S/c1-11-3-2-4-12(19-11)8-21-14-5-6-20(15(14)7-16(21)22)17(23)13-9-24-10-18-13/h2-4,9-10,14-15H,5-8H2,1H3/t14-,15-/m0/s1. The van der Waals surface area contributed by atoms with Crippen molar-refractivity contribution in [3.63, 3.8) is 0 Å². The predicted molar refractivity (Wildman–Crippen MR) is 89.5 cm³/mol. The van der Waals surface area contributed by atoms with E-state index in [2.05, 4.69) is 9.97 Å². The lowest BCUT2D eigenvalue weighted by Crippen LogP contribution is -2.39. The van der Waals surface area contributed by atoms with Gasteiger partial charge >= 0.3 is 0 Å². The zero-order chi connectivity index (χ0) is 16.7. The maximum Gasteiger partial charge on any atom is 0.273 e. The second-order valence-corrected chi connectivity index (χ2v) is 7.01. The Morgan fingerprint density at radius 1 is 1.38 bits per heavy atom. The zero-order valence-corrected chi connectivity index (χ0v) is 14.2. The molecule has 2 atom stereocenters. The Hall–Kier alpha value is -2.28. The van der Waals surface area contributed by atoms with Crippen LogP contribution in [0.25, 0.3) is 0 Å². The molecule has 2 saturated heterocycles.